The van der Waals surface area contributed by atoms with E-state index in [9.17, 15) is 8.78 Å². The number of benzene rings is 1. The number of pyridine rings is 1. The number of nitrogens with two attached hydrogens (primary N) is 1. The second-order valence-electron chi connectivity index (χ2n) is 4.07. The van der Waals surface area contributed by atoms with Gasteiger partial charge in [-0.2, -0.15) is 0 Å². The predicted molar refractivity (Wildman–Crippen MR) is 69.4 cm³/mol. The van der Waals surface area contributed by atoms with E-state index in [1.54, 1.807) is 24.5 Å². The molecule has 19 heavy (non-hydrogen) atoms. The summed E-state index contributed by atoms with van der Waals surface area (Å²) in [6.07, 6.45) is 3.67. The Morgan fingerprint density at radius 3 is 2.53 bits per heavy atom. The van der Waals surface area contributed by atoms with Crippen molar-refractivity contribution in [2.24, 2.45) is 5.84 Å². The van der Waals surface area contributed by atoms with Crippen LogP contribution in [0.1, 0.15) is 17.2 Å². The fourth-order valence-corrected chi connectivity index (χ4v) is 1.97. The molecule has 0 bridgehead atoms. The molecule has 1 atom stereocenters. The fraction of sp³-hybridized carbons (Fsp3) is 0.154. The lowest BCUT2D eigenvalue weighted by Crippen LogP contribution is -2.30. The van der Waals surface area contributed by atoms with Crippen LogP contribution in [-0.4, -0.2) is 4.98 Å². The Kier molecular flexibility index (Phi) is 4.42. The van der Waals surface area contributed by atoms with E-state index in [1.807, 2.05) is 0 Å². The SMILES string of the molecule is NNC(Cc1ccncc1)c1cc(F)c(Cl)cc1F. The molecule has 1 unspecified atom stereocenters. The first-order chi connectivity index (χ1) is 9.11. The largest absolute Gasteiger partial charge is 0.271 e. The highest BCUT2D eigenvalue weighted by Gasteiger charge is 2.17. The molecule has 1 aromatic carbocycles. The van der Waals surface area contributed by atoms with Crippen LogP contribution in [0, 0.1) is 11.6 Å². The first-order valence-corrected chi connectivity index (χ1v) is 5.99. The first kappa shape index (κ1) is 13.9. The summed E-state index contributed by atoms with van der Waals surface area (Å²) in [5, 5.41) is -0.249. The highest BCUT2D eigenvalue weighted by atomic mass is 35.5. The van der Waals surface area contributed by atoms with Crippen LogP contribution in [-0.2, 0) is 6.42 Å². The molecule has 2 aromatic rings. The van der Waals surface area contributed by atoms with Gasteiger partial charge in [-0.1, -0.05) is 11.6 Å². The quantitative estimate of drug-likeness (QED) is 0.515. The van der Waals surface area contributed by atoms with Crippen molar-refractivity contribution in [3.05, 3.63) is 64.4 Å². The zero-order chi connectivity index (χ0) is 13.8. The number of hydrogen-bond acceptors (Lipinski definition) is 3. The van der Waals surface area contributed by atoms with Crippen molar-refractivity contribution >= 4 is 11.6 Å². The van der Waals surface area contributed by atoms with Gasteiger partial charge >= 0.3 is 0 Å². The molecule has 0 fully saturated rings. The monoisotopic (exact) mass is 283 g/mol. The van der Waals surface area contributed by atoms with Gasteiger partial charge in [0.1, 0.15) is 11.6 Å². The van der Waals surface area contributed by atoms with E-state index in [0.717, 1.165) is 17.7 Å². The zero-order valence-corrected chi connectivity index (χ0v) is 10.7. The molecule has 3 nitrogen and oxygen atoms in total. The van der Waals surface area contributed by atoms with Crippen LogP contribution in [0.5, 0.6) is 0 Å². The molecule has 0 amide bonds. The molecule has 0 spiro atoms. The Bertz CT molecular complexity index is 563. The summed E-state index contributed by atoms with van der Waals surface area (Å²) in [5.74, 6) is 4.15. The topological polar surface area (TPSA) is 50.9 Å². The lowest BCUT2D eigenvalue weighted by atomic mass is 9.99. The van der Waals surface area contributed by atoms with Crippen LogP contribution in [0.15, 0.2) is 36.7 Å². The van der Waals surface area contributed by atoms with Crippen molar-refractivity contribution in [2.45, 2.75) is 12.5 Å². The minimum absolute atomic E-state index is 0.140. The number of nitrogens with one attached hydrogen (secondary N) is 1. The third-order valence-electron chi connectivity index (χ3n) is 2.81. The maximum atomic E-state index is 13.8. The number of rotatable bonds is 4. The highest BCUT2D eigenvalue weighted by molar-refractivity contribution is 6.30. The van der Waals surface area contributed by atoms with E-state index in [1.165, 1.54) is 0 Å². The van der Waals surface area contributed by atoms with Crippen LogP contribution >= 0.6 is 11.6 Å². The molecule has 6 heteroatoms. The molecule has 0 aliphatic heterocycles. The lowest BCUT2D eigenvalue weighted by molar-refractivity contribution is 0.502. The Hall–Kier alpha value is -1.56. The molecular weight excluding hydrogens is 272 g/mol. The molecule has 0 saturated carbocycles. The van der Waals surface area contributed by atoms with Gasteiger partial charge in [-0.05, 0) is 36.2 Å². The zero-order valence-electron chi connectivity index (χ0n) is 9.91. The first-order valence-electron chi connectivity index (χ1n) is 5.61. The van der Waals surface area contributed by atoms with Crippen molar-refractivity contribution in [3.8, 4) is 0 Å². The molecule has 1 heterocycles. The highest BCUT2D eigenvalue weighted by Crippen LogP contribution is 2.25. The molecule has 0 saturated heterocycles. The summed E-state index contributed by atoms with van der Waals surface area (Å²) < 4.78 is 27.2. The van der Waals surface area contributed by atoms with Gasteiger partial charge in [0, 0.05) is 18.0 Å². The maximum Gasteiger partial charge on any atom is 0.142 e. The average molecular weight is 284 g/mol. The van der Waals surface area contributed by atoms with Gasteiger partial charge in [0.15, 0.2) is 0 Å². The summed E-state index contributed by atoms with van der Waals surface area (Å²) in [7, 11) is 0. The van der Waals surface area contributed by atoms with Crippen molar-refractivity contribution in [3.63, 3.8) is 0 Å². The average Bonchev–Trinajstić information content (AvgIpc) is 2.42. The Labute approximate surface area is 114 Å². The van der Waals surface area contributed by atoms with Gasteiger partial charge in [0.25, 0.3) is 0 Å². The Balaban J connectivity index is 2.30. The van der Waals surface area contributed by atoms with Crippen molar-refractivity contribution < 1.29 is 8.78 Å². The minimum Gasteiger partial charge on any atom is -0.271 e. The normalized spacial score (nSPS) is 12.4. The molecule has 2 rings (SSSR count). The van der Waals surface area contributed by atoms with E-state index >= 15 is 0 Å². The number of nitrogens with zero attached hydrogens (tertiary/aromatic N) is 1. The Morgan fingerprint density at radius 2 is 1.89 bits per heavy atom. The predicted octanol–water partition coefficient (Wildman–Crippen LogP) is 2.76. The van der Waals surface area contributed by atoms with Crippen LogP contribution in [0.4, 0.5) is 8.78 Å². The number of hydrogen-bond donors (Lipinski definition) is 2. The van der Waals surface area contributed by atoms with Crippen LogP contribution in [0.2, 0.25) is 5.02 Å². The number of hydrazine groups is 1. The molecule has 1 aromatic heterocycles. The van der Waals surface area contributed by atoms with E-state index in [4.69, 9.17) is 17.4 Å². The number of halogens is 3. The molecular formula is C13H12ClF2N3. The summed E-state index contributed by atoms with van der Waals surface area (Å²) in [5.41, 5.74) is 3.53. The maximum absolute atomic E-state index is 13.8. The summed E-state index contributed by atoms with van der Waals surface area (Å²) in [4.78, 5) is 3.89. The Morgan fingerprint density at radius 1 is 1.21 bits per heavy atom. The molecule has 0 radical (unpaired) electrons. The van der Waals surface area contributed by atoms with Gasteiger partial charge in [-0.3, -0.25) is 16.3 Å². The standard InChI is InChI=1S/C13H12ClF2N3/c14-10-7-11(15)9(6-12(10)16)13(19-17)5-8-1-3-18-4-2-8/h1-4,6-7,13,19H,5,17H2. The third kappa shape index (κ3) is 3.26. The summed E-state index contributed by atoms with van der Waals surface area (Å²) in [6, 6.07) is 5.03. The fourth-order valence-electron chi connectivity index (χ4n) is 1.82. The lowest BCUT2D eigenvalue weighted by Gasteiger charge is -2.17. The van der Waals surface area contributed by atoms with Crippen LogP contribution in [0.25, 0.3) is 0 Å². The smallest absolute Gasteiger partial charge is 0.142 e. The van der Waals surface area contributed by atoms with Gasteiger partial charge in [-0.25, -0.2) is 8.78 Å². The van der Waals surface area contributed by atoms with E-state index < -0.39 is 17.7 Å². The second-order valence-corrected chi connectivity index (χ2v) is 4.47. The van der Waals surface area contributed by atoms with Crippen molar-refractivity contribution in [2.75, 3.05) is 0 Å². The van der Waals surface area contributed by atoms with Crippen LogP contribution in [0.3, 0.4) is 0 Å². The third-order valence-corrected chi connectivity index (χ3v) is 3.10. The summed E-state index contributed by atoms with van der Waals surface area (Å²) in [6.45, 7) is 0. The number of aromatic nitrogens is 1. The van der Waals surface area contributed by atoms with Crippen molar-refractivity contribution in [1.82, 2.24) is 10.4 Å². The molecule has 100 valence electrons. The van der Waals surface area contributed by atoms with Crippen molar-refractivity contribution in [1.29, 1.82) is 0 Å². The van der Waals surface area contributed by atoms with Gasteiger partial charge < -0.3 is 0 Å². The van der Waals surface area contributed by atoms with Gasteiger partial charge in [-0.15, -0.1) is 0 Å². The van der Waals surface area contributed by atoms with E-state index in [2.05, 4.69) is 10.4 Å². The van der Waals surface area contributed by atoms with E-state index in [-0.39, 0.29) is 10.6 Å². The summed E-state index contributed by atoms with van der Waals surface area (Å²) >= 11 is 5.52. The van der Waals surface area contributed by atoms with Crippen LogP contribution < -0.4 is 11.3 Å². The van der Waals surface area contributed by atoms with Gasteiger partial charge in [0.2, 0.25) is 0 Å². The van der Waals surface area contributed by atoms with Gasteiger partial charge in [0.05, 0.1) is 11.1 Å². The molecule has 3 N–H and O–H groups in total. The molecule has 0 aliphatic carbocycles. The second kappa shape index (κ2) is 6.06. The van der Waals surface area contributed by atoms with E-state index in [0.29, 0.717) is 6.42 Å². The molecule has 0 aliphatic rings. The minimum atomic E-state index is -0.673.